The molecule has 1 aliphatic heterocycles. The summed E-state index contributed by atoms with van der Waals surface area (Å²) in [7, 11) is 0. The Morgan fingerprint density at radius 1 is 1.17 bits per heavy atom. The van der Waals surface area contributed by atoms with E-state index in [9.17, 15) is 19.2 Å². The van der Waals surface area contributed by atoms with Gasteiger partial charge in [0.15, 0.2) is 6.10 Å². The smallest absolute Gasteiger partial charge is 0.332 e. The first kappa shape index (κ1) is 17.6. The summed E-state index contributed by atoms with van der Waals surface area (Å²) in [5.41, 5.74) is 0.557. The molecule has 8 nitrogen and oxygen atoms in total. The van der Waals surface area contributed by atoms with Gasteiger partial charge in [-0.15, -0.1) is 0 Å². The van der Waals surface area contributed by atoms with Crippen LogP contribution in [0.25, 0.3) is 0 Å². The zero-order chi connectivity index (χ0) is 17.9. The molecule has 128 valence electrons. The molecule has 2 unspecified atom stereocenters. The summed E-state index contributed by atoms with van der Waals surface area (Å²) in [6, 6.07) is 5.41. The molecule has 8 heteroatoms. The first-order valence-corrected chi connectivity index (χ1v) is 7.43. The van der Waals surface area contributed by atoms with Crippen molar-refractivity contribution in [2.24, 2.45) is 0 Å². The van der Waals surface area contributed by atoms with Crippen LogP contribution in [0.1, 0.15) is 34.6 Å². The Balaban J connectivity index is 1.91. The van der Waals surface area contributed by atoms with E-state index in [0.29, 0.717) is 0 Å². The lowest BCUT2D eigenvalue weighted by Gasteiger charge is -2.21. The maximum absolute atomic E-state index is 12.3. The average Bonchev–Trinajstić information content (AvgIpc) is 2.82. The fourth-order valence-corrected chi connectivity index (χ4v) is 2.31. The molecular weight excluding hydrogens is 316 g/mol. The van der Waals surface area contributed by atoms with E-state index < -0.39 is 35.8 Å². The van der Waals surface area contributed by atoms with Crippen LogP contribution in [0, 0.1) is 0 Å². The maximum Gasteiger partial charge on any atom is 0.332 e. The van der Waals surface area contributed by atoms with Crippen molar-refractivity contribution in [1.29, 1.82) is 0 Å². The first-order chi connectivity index (χ1) is 11.3. The Hall–Kier alpha value is -2.74. The van der Waals surface area contributed by atoms with Crippen molar-refractivity contribution in [3.8, 4) is 0 Å². The van der Waals surface area contributed by atoms with Gasteiger partial charge < -0.3 is 15.2 Å². The third-order valence-electron chi connectivity index (χ3n) is 3.71. The zero-order valence-electron chi connectivity index (χ0n) is 13.3. The Labute approximate surface area is 138 Å². The fraction of sp³-hybridized carbons (Fsp3) is 0.375. The van der Waals surface area contributed by atoms with Gasteiger partial charge in [0, 0.05) is 6.54 Å². The number of imide groups is 1. The van der Waals surface area contributed by atoms with Crippen LogP contribution in [-0.4, -0.2) is 59.0 Å². The highest BCUT2D eigenvalue weighted by Crippen LogP contribution is 2.24. The molecule has 2 atom stereocenters. The van der Waals surface area contributed by atoms with Crippen LogP contribution in [-0.2, 0) is 14.3 Å². The normalized spacial score (nSPS) is 15.8. The van der Waals surface area contributed by atoms with Crippen molar-refractivity contribution in [3.05, 3.63) is 35.4 Å². The summed E-state index contributed by atoms with van der Waals surface area (Å²) in [4.78, 5) is 48.2. The van der Waals surface area contributed by atoms with Crippen molar-refractivity contribution in [3.63, 3.8) is 0 Å². The molecule has 2 rings (SSSR count). The molecule has 0 spiro atoms. The predicted octanol–water partition coefficient (Wildman–Crippen LogP) is 0.277. The number of carboxylic acids is 1. The highest BCUT2D eigenvalue weighted by Gasteiger charge is 2.40. The largest absolute Gasteiger partial charge is 0.479 e. The number of aliphatic carboxylic acids is 1. The minimum atomic E-state index is -1.10. The molecule has 3 amide bonds. The zero-order valence-corrected chi connectivity index (χ0v) is 13.3. The number of fused-ring (bicyclic) bond motifs is 1. The lowest BCUT2D eigenvalue weighted by atomic mass is 10.1. The number of carboxylic acid groups (broad SMARTS) is 1. The third-order valence-corrected chi connectivity index (χ3v) is 3.71. The number of nitrogens with zero attached hydrogens (tertiary/aromatic N) is 1. The van der Waals surface area contributed by atoms with Gasteiger partial charge in [0.25, 0.3) is 11.8 Å². The number of carbonyl (C=O) groups excluding carboxylic acids is 3. The molecule has 1 aromatic carbocycles. The van der Waals surface area contributed by atoms with Crippen molar-refractivity contribution >= 4 is 23.7 Å². The highest BCUT2D eigenvalue weighted by atomic mass is 16.5. The van der Waals surface area contributed by atoms with Gasteiger partial charge >= 0.3 is 5.97 Å². The first-order valence-electron chi connectivity index (χ1n) is 7.43. The van der Waals surface area contributed by atoms with Gasteiger partial charge in [0.2, 0.25) is 5.91 Å². The minimum absolute atomic E-state index is 0.00798. The summed E-state index contributed by atoms with van der Waals surface area (Å²) in [6.07, 6.45) is -0.976. The monoisotopic (exact) mass is 334 g/mol. The standard InChI is InChI=1S/C16H18N2O6/c1-9(13(19)17-7-8-24-10(2)16(22)23)18-14(20)11-5-3-4-6-12(11)15(18)21/h3-6,9-10H,7-8H2,1-2H3,(H,17,19)(H,22,23). The Kier molecular flexibility index (Phi) is 5.30. The predicted molar refractivity (Wildman–Crippen MR) is 82.5 cm³/mol. The topological polar surface area (TPSA) is 113 Å². The van der Waals surface area contributed by atoms with Gasteiger partial charge in [0.05, 0.1) is 17.7 Å². The van der Waals surface area contributed by atoms with E-state index in [2.05, 4.69) is 5.32 Å². The molecule has 0 saturated carbocycles. The van der Waals surface area contributed by atoms with E-state index in [-0.39, 0.29) is 24.3 Å². The van der Waals surface area contributed by atoms with Crippen LogP contribution in [0.4, 0.5) is 0 Å². The van der Waals surface area contributed by atoms with Crippen LogP contribution in [0.3, 0.4) is 0 Å². The average molecular weight is 334 g/mol. The van der Waals surface area contributed by atoms with Gasteiger partial charge in [0.1, 0.15) is 6.04 Å². The number of ether oxygens (including phenoxy) is 1. The van der Waals surface area contributed by atoms with E-state index >= 15 is 0 Å². The number of hydrogen-bond acceptors (Lipinski definition) is 5. The molecule has 0 saturated heterocycles. The van der Waals surface area contributed by atoms with Gasteiger partial charge in [-0.3, -0.25) is 19.3 Å². The Morgan fingerprint density at radius 2 is 1.71 bits per heavy atom. The molecule has 0 aliphatic carbocycles. The van der Waals surface area contributed by atoms with E-state index in [0.717, 1.165) is 4.90 Å². The molecule has 1 heterocycles. The second-order valence-electron chi connectivity index (χ2n) is 5.34. The van der Waals surface area contributed by atoms with E-state index in [4.69, 9.17) is 9.84 Å². The van der Waals surface area contributed by atoms with Crippen molar-refractivity contribution in [2.45, 2.75) is 26.0 Å². The van der Waals surface area contributed by atoms with Crippen molar-refractivity contribution in [1.82, 2.24) is 10.2 Å². The summed E-state index contributed by atoms with van der Waals surface area (Å²) < 4.78 is 4.99. The highest BCUT2D eigenvalue weighted by molar-refractivity contribution is 6.22. The van der Waals surface area contributed by atoms with Crippen LogP contribution < -0.4 is 5.32 Å². The molecule has 1 aromatic rings. The molecular formula is C16H18N2O6. The number of rotatable bonds is 7. The second-order valence-corrected chi connectivity index (χ2v) is 5.34. The Morgan fingerprint density at radius 3 is 2.21 bits per heavy atom. The molecule has 2 N–H and O–H groups in total. The second kappa shape index (κ2) is 7.22. The number of nitrogens with one attached hydrogen (secondary N) is 1. The number of hydrogen-bond donors (Lipinski definition) is 2. The maximum atomic E-state index is 12.3. The SMILES string of the molecule is CC(OCCNC(=O)C(C)N1C(=O)c2ccccc2C1=O)C(=O)O. The summed E-state index contributed by atoms with van der Waals surface area (Å²) in [5, 5.41) is 11.2. The lowest BCUT2D eigenvalue weighted by molar-refractivity contribution is -0.149. The summed E-state index contributed by atoms with van der Waals surface area (Å²) >= 11 is 0. The van der Waals surface area contributed by atoms with Gasteiger partial charge in [-0.2, -0.15) is 0 Å². The minimum Gasteiger partial charge on any atom is -0.479 e. The van der Waals surface area contributed by atoms with Gasteiger partial charge in [-0.1, -0.05) is 12.1 Å². The number of amides is 3. The van der Waals surface area contributed by atoms with E-state index in [1.807, 2.05) is 0 Å². The molecule has 0 bridgehead atoms. The van der Waals surface area contributed by atoms with Gasteiger partial charge in [-0.05, 0) is 26.0 Å². The fourth-order valence-electron chi connectivity index (χ4n) is 2.31. The van der Waals surface area contributed by atoms with Crippen molar-refractivity contribution < 1.29 is 29.0 Å². The quantitative estimate of drug-likeness (QED) is 0.547. The van der Waals surface area contributed by atoms with Crippen LogP contribution in [0.15, 0.2) is 24.3 Å². The van der Waals surface area contributed by atoms with E-state index in [1.165, 1.54) is 13.8 Å². The van der Waals surface area contributed by atoms with Crippen LogP contribution in [0.5, 0.6) is 0 Å². The Bertz CT molecular complexity index is 652. The third kappa shape index (κ3) is 3.43. The van der Waals surface area contributed by atoms with Crippen LogP contribution >= 0.6 is 0 Å². The summed E-state index contributed by atoms with van der Waals surface area (Å²) in [5.74, 6) is -2.63. The lowest BCUT2D eigenvalue weighted by Crippen LogP contribution is -2.48. The van der Waals surface area contributed by atoms with Gasteiger partial charge in [-0.25, -0.2) is 4.79 Å². The molecule has 1 aliphatic rings. The van der Waals surface area contributed by atoms with E-state index in [1.54, 1.807) is 24.3 Å². The molecule has 0 aromatic heterocycles. The molecule has 0 radical (unpaired) electrons. The van der Waals surface area contributed by atoms with Crippen LogP contribution in [0.2, 0.25) is 0 Å². The number of benzene rings is 1. The summed E-state index contributed by atoms with van der Waals surface area (Å²) in [6.45, 7) is 2.92. The van der Waals surface area contributed by atoms with Crippen molar-refractivity contribution in [2.75, 3.05) is 13.2 Å². The molecule has 0 fully saturated rings. The number of carbonyl (C=O) groups is 4. The molecule has 24 heavy (non-hydrogen) atoms.